The highest BCUT2D eigenvalue weighted by Gasteiger charge is 2.35. The van der Waals surface area contributed by atoms with Gasteiger partial charge in [-0.2, -0.15) is 18.3 Å². The minimum atomic E-state index is -4.45. The van der Waals surface area contributed by atoms with Gasteiger partial charge in [0, 0.05) is 61.8 Å². The Morgan fingerprint density at radius 3 is 2.38 bits per heavy atom. The van der Waals surface area contributed by atoms with Crippen molar-refractivity contribution in [3.8, 4) is 22.3 Å². The molecule has 0 saturated carbocycles. The molecule has 270 valence electrons. The molecule has 10 heteroatoms. The minimum Gasteiger partial charge on any atom is -0.371 e. The zero-order valence-corrected chi connectivity index (χ0v) is 30.4. The number of nitrogens with zero attached hydrogens (tertiary/aromatic N) is 4. The Kier molecular flexibility index (Phi) is 8.92. The molecule has 9 rings (SSSR count). The summed E-state index contributed by atoms with van der Waals surface area (Å²) in [5.41, 5.74) is 13.5. The van der Waals surface area contributed by atoms with Crippen molar-refractivity contribution in [3.63, 3.8) is 0 Å². The van der Waals surface area contributed by atoms with Crippen LogP contribution in [0.1, 0.15) is 74.8 Å². The van der Waals surface area contributed by atoms with Gasteiger partial charge in [-0.15, -0.1) is 11.3 Å². The summed E-state index contributed by atoms with van der Waals surface area (Å²) in [4.78, 5) is 7.74. The third kappa shape index (κ3) is 6.57. The van der Waals surface area contributed by atoms with Crippen molar-refractivity contribution in [1.29, 1.82) is 0 Å². The molecule has 0 amide bonds. The normalized spacial score (nSPS) is 17.4. The highest BCUT2D eigenvalue weighted by atomic mass is 32.1. The highest BCUT2D eigenvalue weighted by Crippen LogP contribution is 2.45. The maximum Gasteiger partial charge on any atom is 0.435 e. The van der Waals surface area contributed by atoms with Gasteiger partial charge in [-0.1, -0.05) is 84.9 Å². The van der Waals surface area contributed by atoms with Gasteiger partial charge in [-0.3, -0.25) is 15.3 Å². The molecular formula is C43H41F3N6S. The quantitative estimate of drug-likeness (QED) is 0.171. The Bertz CT molecular complexity index is 2270. The highest BCUT2D eigenvalue weighted by molar-refractivity contribution is 7.09. The molecule has 0 spiro atoms. The molecule has 4 aromatic carbocycles. The third-order valence-electron chi connectivity index (χ3n) is 11.2. The van der Waals surface area contributed by atoms with E-state index in [4.69, 9.17) is 4.98 Å². The molecule has 4 heterocycles. The summed E-state index contributed by atoms with van der Waals surface area (Å²) in [5.74, 6) is 0.377. The van der Waals surface area contributed by atoms with Crippen molar-refractivity contribution in [2.24, 2.45) is 0 Å². The average Bonchev–Trinajstić information content (AvgIpc) is 3.88. The molecule has 53 heavy (non-hydrogen) atoms. The standard InChI is InChI=1S/C43H41F3N6S/c1-27-22-39(43(44,45)46)50-52(27)21-18-29-14-15-35-34-12-6-5-10-31(34)23-36(35)40(29)51-19-16-30(17-20-51)42-49-38(26-53-42)41-47-24-32-11-7-13-33(37(32)25-48-41)28-8-3-2-4-9-28/h2-15,22,26,30,41,47-48H,16-21,23-25H2,1H3. The van der Waals surface area contributed by atoms with Crippen molar-refractivity contribution < 1.29 is 13.2 Å². The molecule has 2 aromatic heterocycles. The molecule has 0 radical (unpaired) electrons. The lowest BCUT2D eigenvalue weighted by Gasteiger charge is -2.36. The van der Waals surface area contributed by atoms with E-state index in [1.54, 1.807) is 18.3 Å². The van der Waals surface area contributed by atoms with E-state index < -0.39 is 11.9 Å². The lowest BCUT2D eigenvalue weighted by molar-refractivity contribution is -0.141. The maximum absolute atomic E-state index is 13.4. The van der Waals surface area contributed by atoms with Gasteiger partial charge in [0.2, 0.25) is 0 Å². The lowest BCUT2D eigenvalue weighted by Crippen LogP contribution is -2.34. The van der Waals surface area contributed by atoms with Crippen LogP contribution in [0.3, 0.4) is 0 Å². The number of hydrogen-bond acceptors (Lipinski definition) is 6. The molecule has 1 atom stereocenters. The number of alkyl halides is 3. The fourth-order valence-corrected chi connectivity index (χ4v) is 9.52. The molecule has 1 unspecified atom stereocenters. The minimum absolute atomic E-state index is 0.0298. The van der Waals surface area contributed by atoms with Crippen LogP contribution in [0.5, 0.6) is 0 Å². The first-order valence-electron chi connectivity index (χ1n) is 18.5. The predicted molar refractivity (Wildman–Crippen MR) is 205 cm³/mol. The molecule has 2 N–H and O–H groups in total. The van der Waals surface area contributed by atoms with E-state index >= 15 is 0 Å². The number of thiazole rings is 1. The zero-order chi connectivity index (χ0) is 36.1. The van der Waals surface area contributed by atoms with Crippen LogP contribution in [0.2, 0.25) is 0 Å². The van der Waals surface area contributed by atoms with Crippen LogP contribution in [0.15, 0.2) is 96.4 Å². The van der Waals surface area contributed by atoms with Crippen LogP contribution >= 0.6 is 11.3 Å². The van der Waals surface area contributed by atoms with E-state index in [9.17, 15) is 13.2 Å². The van der Waals surface area contributed by atoms with Crippen LogP contribution < -0.4 is 15.5 Å². The summed E-state index contributed by atoms with van der Waals surface area (Å²) in [6.07, 6.45) is -1.03. The van der Waals surface area contributed by atoms with Crippen molar-refractivity contribution in [2.75, 3.05) is 18.0 Å². The van der Waals surface area contributed by atoms with Crippen molar-refractivity contribution in [1.82, 2.24) is 25.4 Å². The number of anilines is 1. The second kappa shape index (κ2) is 13.9. The molecule has 2 aliphatic heterocycles. The largest absolute Gasteiger partial charge is 0.435 e. The molecule has 1 saturated heterocycles. The van der Waals surface area contributed by atoms with Crippen LogP contribution in [0.4, 0.5) is 18.9 Å². The Morgan fingerprint density at radius 1 is 0.811 bits per heavy atom. The SMILES string of the molecule is Cc1cc(C(F)(F)F)nn1CCc1ccc2c(c1N1CCC(c3nc(C4NCc5cccc(-c6ccccc6)c5CN4)cs3)CC1)Cc1ccccc1-2. The van der Waals surface area contributed by atoms with Gasteiger partial charge >= 0.3 is 6.18 Å². The summed E-state index contributed by atoms with van der Waals surface area (Å²) in [5, 5.41) is 14.8. The van der Waals surface area contributed by atoms with Crippen LogP contribution in [-0.2, 0) is 38.7 Å². The van der Waals surface area contributed by atoms with E-state index in [-0.39, 0.29) is 6.17 Å². The lowest BCUT2D eigenvalue weighted by atomic mass is 9.93. The summed E-state index contributed by atoms with van der Waals surface area (Å²) in [6, 6.07) is 31.3. The topological polar surface area (TPSA) is 58.0 Å². The fourth-order valence-electron chi connectivity index (χ4n) is 8.51. The van der Waals surface area contributed by atoms with Gasteiger partial charge in [0.1, 0.15) is 6.17 Å². The second-order valence-corrected chi connectivity index (χ2v) is 15.3. The first-order chi connectivity index (χ1) is 25.8. The molecular weight excluding hydrogens is 690 g/mol. The molecule has 1 aliphatic carbocycles. The van der Waals surface area contributed by atoms with Crippen molar-refractivity contribution in [3.05, 3.63) is 146 Å². The number of nitrogens with one attached hydrogen (secondary N) is 2. The first kappa shape index (κ1) is 34.0. The van der Waals surface area contributed by atoms with Crippen molar-refractivity contribution in [2.45, 2.75) is 70.5 Å². The molecule has 1 fully saturated rings. The van der Waals surface area contributed by atoms with E-state index in [1.807, 2.05) is 0 Å². The smallest absolute Gasteiger partial charge is 0.371 e. The summed E-state index contributed by atoms with van der Waals surface area (Å²) >= 11 is 1.76. The van der Waals surface area contributed by atoms with Crippen LogP contribution in [0.25, 0.3) is 22.3 Å². The number of benzene rings is 4. The monoisotopic (exact) mass is 730 g/mol. The predicted octanol–water partition coefficient (Wildman–Crippen LogP) is 9.42. The number of aryl methyl sites for hydroxylation is 3. The van der Waals surface area contributed by atoms with Crippen molar-refractivity contribution >= 4 is 17.0 Å². The molecule has 6 aromatic rings. The molecule has 0 bridgehead atoms. The second-order valence-electron chi connectivity index (χ2n) is 14.5. The zero-order valence-electron chi connectivity index (χ0n) is 29.6. The Labute approximate surface area is 311 Å². The fraction of sp³-hybridized carbons (Fsp3) is 0.302. The van der Waals surface area contributed by atoms with Crippen LogP contribution in [0, 0.1) is 6.92 Å². The number of aromatic nitrogens is 3. The van der Waals surface area contributed by atoms with Gasteiger partial charge in [-0.25, -0.2) is 4.98 Å². The summed E-state index contributed by atoms with van der Waals surface area (Å²) in [6.45, 7) is 5.42. The number of fused-ring (bicyclic) bond motifs is 4. The number of halogens is 3. The average molecular weight is 731 g/mol. The maximum atomic E-state index is 13.4. The van der Waals surface area contributed by atoms with Crippen LogP contribution in [-0.4, -0.2) is 27.9 Å². The van der Waals surface area contributed by atoms with E-state index in [2.05, 4.69) is 111 Å². The number of rotatable bonds is 7. The molecule has 6 nitrogen and oxygen atoms in total. The number of piperidine rings is 1. The van der Waals surface area contributed by atoms with E-state index in [0.29, 0.717) is 24.6 Å². The van der Waals surface area contributed by atoms with E-state index in [1.165, 1.54) is 59.9 Å². The number of hydrogen-bond donors (Lipinski definition) is 2. The first-order valence-corrected chi connectivity index (χ1v) is 19.4. The Balaban J connectivity index is 0.914. The van der Waals surface area contributed by atoms with E-state index in [0.717, 1.165) is 62.8 Å². The molecule has 3 aliphatic rings. The Morgan fingerprint density at radius 2 is 1.57 bits per heavy atom. The third-order valence-corrected chi connectivity index (χ3v) is 12.3. The summed E-state index contributed by atoms with van der Waals surface area (Å²) in [7, 11) is 0. The van der Waals surface area contributed by atoms with Gasteiger partial charge in [0.05, 0.1) is 10.7 Å². The van der Waals surface area contributed by atoms with Gasteiger partial charge in [0.25, 0.3) is 0 Å². The van der Waals surface area contributed by atoms with Gasteiger partial charge in [0.15, 0.2) is 5.69 Å². The Hall–Kier alpha value is -4.77. The van der Waals surface area contributed by atoms with Gasteiger partial charge in [-0.05, 0) is 82.3 Å². The van der Waals surface area contributed by atoms with Gasteiger partial charge < -0.3 is 4.90 Å². The summed E-state index contributed by atoms with van der Waals surface area (Å²) < 4.78 is 41.8.